The van der Waals surface area contributed by atoms with Gasteiger partial charge in [0.15, 0.2) is 0 Å². The number of benzene rings is 1. The maximum atomic E-state index is 11.8. The van der Waals surface area contributed by atoms with E-state index in [1.807, 2.05) is 0 Å². The summed E-state index contributed by atoms with van der Waals surface area (Å²) in [4.78, 5) is 11.9. The summed E-state index contributed by atoms with van der Waals surface area (Å²) < 4.78 is 27.3. The normalized spacial score (nSPS) is 11.3. The number of carbonyl (C=O) groups is 1. The van der Waals surface area contributed by atoms with Gasteiger partial charge >= 0.3 is 0 Å². The lowest BCUT2D eigenvalue weighted by atomic mass is 10.2. The molecule has 2 rings (SSSR count). The summed E-state index contributed by atoms with van der Waals surface area (Å²) in [6.45, 7) is 1.99. The van der Waals surface area contributed by atoms with Crippen molar-refractivity contribution in [2.24, 2.45) is 5.14 Å². The maximum absolute atomic E-state index is 11.8. The van der Waals surface area contributed by atoms with Gasteiger partial charge in [0, 0.05) is 6.54 Å². The average Bonchev–Trinajstić information content (AvgIpc) is 2.82. The van der Waals surface area contributed by atoms with Crippen LogP contribution in [-0.4, -0.2) is 14.3 Å². The minimum atomic E-state index is -3.69. The van der Waals surface area contributed by atoms with E-state index in [1.165, 1.54) is 18.4 Å². The molecule has 0 aliphatic heterocycles. The van der Waals surface area contributed by atoms with Gasteiger partial charge in [0.25, 0.3) is 5.91 Å². The van der Waals surface area contributed by atoms with Crippen molar-refractivity contribution in [3.8, 4) is 0 Å². The van der Waals surface area contributed by atoms with E-state index in [2.05, 4.69) is 5.32 Å². The van der Waals surface area contributed by atoms with Gasteiger partial charge in [0.05, 0.1) is 16.7 Å². The summed E-state index contributed by atoms with van der Waals surface area (Å²) in [7, 11) is -3.69. The lowest BCUT2D eigenvalue weighted by molar-refractivity contribution is 0.0949. The number of amides is 1. The van der Waals surface area contributed by atoms with E-state index >= 15 is 0 Å². The van der Waals surface area contributed by atoms with Gasteiger partial charge in [-0.1, -0.05) is 12.1 Å². The van der Waals surface area contributed by atoms with Gasteiger partial charge in [0.1, 0.15) is 5.76 Å². The monoisotopic (exact) mass is 294 g/mol. The zero-order valence-electron chi connectivity index (χ0n) is 10.8. The molecule has 20 heavy (non-hydrogen) atoms. The van der Waals surface area contributed by atoms with Gasteiger partial charge in [-0.2, -0.15) is 0 Å². The summed E-state index contributed by atoms with van der Waals surface area (Å²) in [5.74, 6) is 0.304. The lowest BCUT2D eigenvalue weighted by Gasteiger charge is -2.05. The highest BCUT2D eigenvalue weighted by atomic mass is 32.2. The molecular weight excluding hydrogens is 280 g/mol. The van der Waals surface area contributed by atoms with Gasteiger partial charge in [-0.15, -0.1) is 0 Å². The molecule has 0 spiro atoms. The van der Waals surface area contributed by atoms with Crippen LogP contribution in [0.1, 0.15) is 21.7 Å². The molecule has 0 fully saturated rings. The molecule has 0 aliphatic rings. The van der Waals surface area contributed by atoms with Crippen LogP contribution in [0.5, 0.6) is 0 Å². The van der Waals surface area contributed by atoms with Crippen molar-refractivity contribution in [1.29, 1.82) is 0 Å². The van der Waals surface area contributed by atoms with Gasteiger partial charge in [-0.05, 0) is 30.7 Å². The minimum absolute atomic E-state index is 0.0401. The Hall–Kier alpha value is -2.12. The third kappa shape index (κ3) is 3.25. The third-order valence-corrected chi connectivity index (χ3v) is 3.74. The Labute approximate surface area is 116 Å². The van der Waals surface area contributed by atoms with Gasteiger partial charge < -0.3 is 9.73 Å². The summed E-state index contributed by atoms with van der Waals surface area (Å²) in [5.41, 5.74) is 1.25. The second-order valence-electron chi connectivity index (χ2n) is 4.26. The fraction of sp³-hybridized carbons (Fsp3) is 0.154. The van der Waals surface area contributed by atoms with Crippen LogP contribution >= 0.6 is 0 Å². The number of aryl methyl sites for hydroxylation is 1. The number of sulfonamides is 1. The van der Waals surface area contributed by atoms with Gasteiger partial charge in [-0.3, -0.25) is 4.79 Å². The predicted molar refractivity (Wildman–Crippen MR) is 72.4 cm³/mol. The van der Waals surface area contributed by atoms with E-state index in [0.29, 0.717) is 11.3 Å². The van der Waals surface area contributed by atoms with E-state index in [-0.39, 0.29) is 17.3 Å². The minimum Gasteiger partial charge on any atom is -0.469 e. The van der Waals surface area contributed by atoms with E-state index in [0.717, 1.165) is 5.56 Å². The first-order valence-corrected chi connectivity index (χ1v) is 7.36. The Morgan fingerprint density at radius 1 is 1.25 bits per heavy atom. The maximum Gasteiger partial charge on any atom is 0.255 e. The first-order valence-electron chi connectivity index (χ1n) is 5.82. The second-order valence-corrected chi connectivity index (χ2v) is 5.82. The molecule has 7 heteroatoms. The van der Waals surface area contributed by atoms with Crippen LogP contribution in [0.4, 0.5) is 0 Å². The quantitative estimate of drug-likeness (QED) is 0.883. The highest BCUT2D eigenvalue weighted by molar-refractivity contribution is 7.89. The van der Waals surface area contributed by atoms with E-state index in [1.54, 1.807) is 25.1 Å². The molecule has 0 radical (unpaired) electrons. The Balaban J connectivity index is 2.02. The molecular formula is C13H14N2O4S. The van der Waals surface area contributed by atoms with Crippen LogP contribution in [0.25, 0.3) is 0 Å². The number of hydrogen-bond acceptors (Lipinski definition) is 4. The summed E-state index contributed by atoms with van der Waals surface area (Å²) >= 11 is 0. The van der Waals surface area contributed by atoms with Crippen molar-refractivity contribution in [2.45, 2.75) is 18.4 Å². The molecule has 0 atom stereocenters. The van der Waals surface area contributed by atoms with Crippen molar-refractivity contribution in [1.82, 2.24) is 5.32 Å². The van der Waals surface area contributed by atoms with E-state index < -0.39 is 10.0 Å². The fourth-order valence-corrected chi connectivity index (χ4v) is 2.21. The van der Waals surface area contributed by atoms with E-state index in [4.69, 9.17) is 9.56 Å². The van der Waals surface area contributed by atoms with Crippen molar-refractivity contribution >= 4 is 15.9 Å². The van der Waals surface area contributed by atoms with Crippen LogP contribution < -0.4 is 10.5 Å². The van der Waals surface area contributed by atoms with Crippen molar-refractivity contribution < 1.29 is 17.6 Å². The molecule has 0 bridgehead atoms. The number of nitrogens with one attached hydrogen (secondary N) is 1. The molecule has 3 N–H and O–H groups in total. The largest absolute Gasteiger partial charge is 0.469 e. The van der Waals surface area contributed by atoms with Gasteiger partial charge in [0.2, 0.25) is 10.0 Å². The van der Waals surface area contributed by atoms with Crippen LogP contribution in [0.3, 0.4) is 0 Å². The Morgan fingerprint density at radius 2 is 1.90 bits per heavy atom. The molecule has 0 saturated carbocycles. The number of hydrogen-bond donors (Lipinski definition) is 2. The van der Waals surface area contributed by atoms with Crippen LogP contribution in [0.15, 0.2) is 45.9 Å². The highest BCUT2D eigenvalue weighted by Gasteiger charge is 2.11. The molecule has 2 aromatic rings. The number of primary sulfonamides is 1. The van der Waals surface area contributed by atoms with Crippen molar-refractivity contribution in [3.05, 3.63) is 53.5 Å². The Morgan fingerprint density at radius 3 is 2.40 bits per heavy atom. The molecule has 1 heterocycles. The van der Waals surface area contributed by atoms with Crippen molar-refractivity contribution in [2.75, 3.05) is 0 Å². The smallest absolute Gasteiger partial charge is 0.255 e. The number of nitrogens with two attached hydrogens (primary N) is 1. The topological polar surface area (TPSA) is 102 Å². The molecule has 1 aromatic heterocycles. The van der Waals surface area contributed by atoms with Crippen LogP contribution in [0.2, 0.25) is 0 Å². The first-order chi connectivity index (χ1) is 9.38. The lowest BCUT2D eigenvalue weighted by Crippen LogP contribution is -2.23. The zero-order valence-corrected chi connectivity index (χ0v) is 11.6. The van der Waals surface area contributed by atoms with Gasteiger partial charge in [-0.25, -0.2) is 13.6 Å². The Bertz CT molecular complexity index is 717. The number of rotatable bonds is 4. The van der Waals surface area contributed by atoms with Crippen LogP contribution in [0, 0.1) is 6.92 Å². The third-order valence-electron chi connectivity index (χ3n) is 2.81. The SMILES string of the molecule is Cc1occc1C(=O)NCc1ccc(S(N)(=O)=O)cc1. The number of carbonyl (C=O) groups excluding carboxylic acids is 1. The standard InChI is InChI=1S/C13H14N2O4S/c1-9-12(6-7-19-9)13(16)15-8-10-2-4-11(5-3-10)20(14,17)18/h2-7H,8H2,1H3,(H,15,16)(H2,14,17,18). The summed E-state index contributed by atoms with van der Waals surface area (Å²) in [6.07, 6.45) is 1.45. The highest BCUT2D eigenvalue weighted by Crippen LogP contribution is 2.10. The molecule has 0 aliphatic carbocycles. The molecule has 1 amide bonds. The first kappa shape index (κ1) is 14.3. The second kappa shape index (κ2) is 5.48. The average molecular weight is 294 g/mol. The summed E-state index contributed by atoms with van der Waals surface area (Å²) in [5, 5.41) is 7.72. The molecule has 106 valence electrons. The predicted octanol–water partition coefficient (Wildman–Crippen LogP) is 1.17. The molecule has 1 aromatic carbocycles. The zero-order chi connectivity index (χ0) is 14.8. The van der Waals surface area contributed by atoms with E-state index in [9.17, 15) is 13.2 Å². The summed E-state index contributed by atoms with van der Waals surface area (Å²) in [6, 6.07) is 7.60. The molecule has 0 saturated heterocycles. The molecule has 0 unspecified atom stereocenters. The Kier molecular flexibility index (Phi) is 3.91. The number of furan rings is 1. The van der Waals surface area contributed by atoms with Crippen LogP contribution in [-0.2, 0) is 16.6 Å². The fourth-order valence-electron chi connectivity index (χ4n) is 1.70. The van der Waals surface area contributed by atoms with Crippen molar-refractivity contribution in [3.63, 3.8) is 0 Å². The molecule has 6 nitrogen and oxygen atoms in total.